The number of aryl methyl sites for hydroxylation is 1. The highest BCUT2D eigenvalue weighted by Gasteiger charge is 2.34. The van der Waals surface area contributed by atoms with Crippen LogP contribution in [0.5, 0.6) is 11.5 Å². The first kappa shape index (κ1) is 27.5. The Morgan fingerprint density at radius 1 is 1.10 bits per heavy atom. The molecule has 1 aliphatic rings. The van der Waals surface area contributed by atoms with Gasteiger partial charge in [-0.05, 0) is 68.3 Å². The predicted molar refractivity (Wildman–Crippen MR) is 154 cm³/mol. The summed E-state index contributed by atoms with van der Waals surface area (Å²) in [7, 11) is 3.07. The zero-order valence-corrected chi connectivity index (χ0v) is 24.2. The number of thiazole rings is 1. The summed E-state index contributed by atoms with van der Waals surface area (Å²) in [4.78, 5) is 32.1. The molecule has 1 atom stereocenters. The molecule has 0 saturated heterocycles. The average molecular weight is 579 g/mol. The minimum absolute atomic E-state index is 0.186. The number of ether oxygens (including phenoxy) is 3. The van der Waals surface area contributed by atoms with Gasteiger partial charge in [0.05, 0.1) is 42.7 Å². The molecule has 0 bridgehead atoms. The number of benzene rings is 2. The monoisotopic (exact) mass is 578 g/mol. The van der Waals surface area contributed by atoms with Gasteiger partial charge in [0.25, 0.3) is 5.56 Å². The number of carbonyl (C=O) groups excluding carboxylic acids is 1. The summed E-state index contributed by atoms with van der Waals surface area (Å²) in [6.45, 7) is 5.63. The highest BCUT2D eigenvalue weighted by atomic mass is 35.5. The highest BCUT2D eigenvalue weighted by Crippen LogP contribution is 2.36. The lowest BCUT2D eigenvalue weighted by Gasteiger charge is -2.25. The van der Waals surface area contributed by atoms with Crippen LogP contribution in [0, 0.1) is 6.92 Å². The number of hydrogen-bond acceptors (Lipinski definition) is 8. The fourth-order valence-electron chi connectivity index (χ4n) is 4.69. The molecular formula is C30H27ClN2O6S. The summed E-state index contributed by atoms with van der Waals surface area (Å²) in [5.74, 6) is 1.61. The number of methoxy groups -OCH3 is 2. The summed E-state index contributed by atoms with van der Waals surface area (Å²) < 4.78 is 24.3. The predicted octanol–water partition coefficient (Wildman–Crippen LogP) is 5.04. The molecule has 0 amide bonds. The SMILES string of the molecule is CCOC(=O)C1=C(C)N=c2s/c(=C\c3ccc(-c4cc(Cl)ccc4C)o3)c(=O)n2C1c1ccc(OC)c(OC)c1. The average Bonchev–Trinajstić information content (AvgIpc) is 3.53. The van der Waals surface area contributed by atoms with E-state index in [1.54, 1.807) is 51.3 Å². The molecule has 5 rings (SSSR count). The largest absolute Gasteiger partial charge is 0.493 e. The fourth-order valence-corrected chi connectivity index (χ4v) is 5.89. The molecule has 0 spiro atoms. The highest BCUT2D eigenvalue weighted by molar-refractivity contribution is 7.07. The summed E-state index contributed by atoms with van der Waals surface area (Å²) in [5, 5.41) is 0.606. The maximum Gasteiger partial charge on any atom is 0.338 e. The number of fused-ring (bicyclic) bond motifs is 1. The lowest BCUT2D eigenvalue weighted by molar-refractivity contribution is -0.139. The van der Waals surface area contributed by atoms with Crippen molar-refractivity contribution >= 4 is 35.0 Å². The molecule has 2 aromatic heterocycles. The number of nitrogens with zero attached hydrogens (tertiary/aromatic N) is 2. The Labute approximate surface area is 239 Å². The van der Waals surface area contributed by atoms with Gasteiger partial charge in [0.2, 0.25) is 0 Å². The third kappa shape index (κ3) is 4.98. The Bertz CT molecular complexity index is 1830. The van der Waals surface area contributed by atoms with E-state index in [4.69, 9.17) is 30.2 Å². The van der Waals surface area contributed by atoms with E-state index in [0.29, 0.717) is 48.6 Å². The molecule has 1 unspecified atom stereocenters. The minimum Gasteiger partial charge on any atom is -0.493 e. The molecule has 206 valence electrons. The van der Waals surface area contributed by atoms with Crippen molar-refractivity contribution in [2.75, 3.05) is 20.8 Å². The number of carbonyl (C=O) groups is 1. The number of halogens is 1. The number of aromatic nitrogens is 1. The summed E-state index contributed by atoms with van der Waals surface area (Å²) >= 11 is 7.41. The van der Waals surface area contributed by atoms with Gasteiger partial charge in [0, 0.05) is 16.7 Å². The molecule has 0 aliphatic carbocycles. The van der Waals surface area contributed by atoms with Gasteiger partial charge >= 0.3 is 5.97 Å². The first-order valence-corrected chi connectivity index (χ1v) is 13.7. The van der Waals surface area contributed by atoms with Gasteiger partial charge < -0.3 is 18.6 Å². The molecule has 8 nitrogen and oxygen atoms in total. The van der Waals surface area contributed by atoms with Crippen LogP contribution in [0.4, 0.5) is 0 Å². The Kier molecular flexibility index (Phi) is 7.69. The Morgan fingerprint density at radius 2 is 1.88 bits per heavy atom. The van der Waals surface area contributed by atoms with Crippen LogP contribution >= 0.6 is 22.9 Å². The van der Waals surface area contributed by atoms with Crippen molar-refractivity contribution in [3.8, 4) is 22.8 Å². The van der Waals surface area contributed by atoms with Gasteiger partial charge in [-0.15, -0.1) is 0 Å². The van der Waals surface area contributed by atoms with Crippen LogP contribution in [-0.2, 0) is 9.53 Å². The van der Waals surface area contributed by atoms with E-state index < -0.39 is 12.0 Å². The summed E-state index contributed by atoms with van der Waals surface area (Å²) in [5.41, 5.74) is 2.99. The second-order valence-electron chi connectivity index (χ2n) is 9.08. The molecule has 2 aromatic carbocycles. The second kappa shape index (κ2) is 11.2. The minimum atomic E-state index is -0.779. The van der Waals surface area contributed by atoms with E-state index in [1.165, 1.54) is 23.0 Å². The van der Waals surface area contributed by atoms with Gasteiger partial charge in [0.15, 0.2) is 16.3 Å². The van der Waals surface area contributed by atoms with Gasteiger partial charge in [-0.3, -0.25) is 9.36 Å². The van der Waals surface area contributed by atoms with Gasteiger partial charge in [-0.25, -0.2) is 9.79 Å². The molecule has 0 radical (unpaired) electrons. The zero-order chi connectivity index (χ0) is 28.6. The quantitative estimate of drug-likeness (QED) is 0.285. The van der Waals surface area contributed by atoms with E-state index in [1.807, 2.05) is 31.2 Å². The lowest BCUT2D eigenvalue weighted by atomic mass is 9.95. The van der Waals surface area contributed by atoms with Crippen molar-refractivity contribution in [3.63, 3.8) is 0 Å². The number of hydrogen-bond donors (Lipinski definition) is 0. The summed E-state index contributed by atoms with van der Waals surface area (Å²) in [6.07, 6.45) is 1.68. The van der Waals surface area contributed by atoms with Crippen molar-refractivity contribution in [1.82, 2.24) is 4.57 Å². The van der Waals surface area contributed by atoms with Gasteiger partial charge in [-0.1, -0.05) is 35.1 Å². The normalized spacial score (nSPS) is 15.1. The number of rotatable bonds is 7. The van der Waals surface area contributed by atoms with E-state index in [9.17, 15) is 9.59 Å². The third-order valence-electron chi connectivity index (χ3n) is 6.61. The Morgan fingerprint density at radius 3 is 2.60 bits per heavy atom. The second-order valence-corrected chi connectivity index (χ2v) is 10.5. The zero-order valence-electron chi connectivity index (χ0n) is 22.6. The first-order chi connectivity index (χ1) is 19.2. The van der Waals surface area contributed by atoms with Crippen molar-refractivity contribution in [1.29, 1.82) is 0 Å². The maximum absolute atomic E-state index is 13.9. The van der Waals surface area contributed by atoms with E-state index in [2.05, 4.69) is 4.99 Å². The smallest absolute Gasteiger partial charge is 0.338 e. The van der Waals surface area contributed by atoms with Crippen molar-refractivity contribution in [2.45, 2.75) is 26.8 Å². The van der Waals surface area contributed by atoms with Crippen LogP contribution in [0.3, 0.4) is 0 Å². The molecule has 4 aromatic rings. The third-order valence-corrected chi connectivity index (χ3v) is 7.82. The molecule has 0 fully saturated rings. The fraction of sp³-hybridized carbons (Fsp3) is 0.233. The number of allylic oxidation sites excluding steroid dienone is 1. The van der Waals surface area contributed by atoms with Crippen LogP contribution < -0.4 is 24.4 Å². The molecular weight excluding hydrogens is 552 g/mol. The number of esters is 1. The van der Waals surface area contributed by atoms with Crippen LogP contribution in [0.15, 0.2) is 74.0 Å². The maximum atomic E-state index is 13.9. The molecule has 40 heavy (non-hydrogen) atoms. The van der Waals surface area contributed by atoms with Crippen LogP contribution in [0.2, 0.25) is 5.02 Å². The standard InChI is InChI=1S/C30H27ClN2O6S/c1-6-38-29(35)26-17(3)32-30-33(27(26)18-8-11-23(36-4)24(13-18)37-5)28(34)25(40-30)15-20-10-12-22(39-20)21-14-19(31)9-7-16(21)2/h7-15,27H,6H2,1-5H3/b25-15-. The van der Waals surface area contributed by atoms with Gasteiger partial charge in [0.1, 0.15) is 11.5 Å². The topological polar surface area (TPSA) is 92.3 Å². The van der Waals surface area contributed by atoms with Crippen LogP contribution in [-0.4, -0.2) is 31.4 Å². The van der Waals surface area contributed by atoms with Crippen molar-refractivity contribution in [3.05, 3.63) is 101 Å². The van der Waals surface area contributed by atoms with Crippen molar-refractivity contribution in [2.24, 2.45) is 4.99 Å². The Balaban J connectivity index is 1.66. The molecule has 1 aliphatic heterocycles. The van der Waals surface area contributed by atoms with Crippen molar-refractivity contribution < 1.29 is 23.4 Å². The first-order valence-electron chi connectivity index (χ1n) is 12.5. The molecule has 10 heteroatoms. The molecule has 0 N–H and O–H groups in total. The van der Waals surface area contributed by atoms with E-state index in [-0.39, 0.29) is 17.7 Å². The molecule has 0 saturated carbocycles. The van der Waals surface area contributed by atoms with Gasteiger partial charge in [-0.2, -0.15) is 0 Å². The number of furan rings is 1. The molecule has 3 heterocycles. The van der Waals surface area contributed by atoms with Crippen LogP contribution in [0.1, 0.15) is 36.8 Å². The van der Waals surface area contributed by atoms with E-state index >= 15 is 0 Å². The van der Waals surface area contributed by atoms with E-state index in [0.717, 1.165) is 11.1 Å². The Hall–Kier alpha value is -4.08. The van der Waals surface area contributed by atoms with Crippen LogP contribution in [0.25, 0.3) is 17.4 Å². The lowest BCUT2D eigenvalue weighted by Crippen LogP contribution is -2.39. The summed E-state index contributed by atoms with van der Waals surface area (Å²) in [6, 6.07) is 13.8.